The molecule has 104 valence electrons. The number of fused-ring (bicyclic) bond motifs is 1. The van der Waals surface area contributed by atoms with Crippen molar-refractivity contribution in [3.8, 4) is 0 Å². The van der Waals surface area contributed by atoms with E-state index in [1.165, 1.54) is 5.56 Å². The number of carbonyl (C=O) groups excluding carboxylic acids is 1. The largest absolute Gasteiger partial charge is 0.337 e. The molecule has 6 nitrogen and oxygen atoms in total. The number of carbonyl (C=O) groups is 1. The van der Waals surface area contributed by atoms with Gasteiger partial charge in [-0.1, -0.05) is 6.07 Å². The van der Waals surface area contributed by atoms with Crippen LogP contribution in [0.25, 0.3) is 0 Å². The molecule has 7 heteroatoms. The third-order valence-electron chi connectivity index (χ3n) is 3.02. The Hall–Kier alpha value is -1.60. The van der Waals surface area contributed by atoms with Gasteiger partial charge in [0.2, 0.25) is 0 Å². The second-order valence-corrected chi connectivity index (χ2v) is 6.06. The van der Waals surface area contributed by atoms with Crippen molar-refractivity contribution in [1.29, 1.82) is 0 Å². The zero-order valence-electron chi connectivity index (χ0n) is 10.7. The SMILES string of the molecule is CCNC(=O)NNS(=O)(=O)c1ccc2c(c1)CCC2. The number of nitrogens with one attached hydrogen (secondary N) is 3. The Bertz CT molecular complexity index is 584. The van der Waals surface area contributed by atoms with E-state index in [0.717, 1.165) is 24.8 Å². The van der Waals surface area contributed by atoms with Crippen LogP contribution < -0.4 is 15.6 Å². The molecule has 0 atom stereocenters. The molecule has 0 saturated carbocycles. The van der Waals surface area contributed by atoms with Gasteiger partial charge in [0.15, 0.2) is 0 Å². The van der Waals surface area contributed by atoms with Crippen molar-refractivity contribution in [3.63, 3.8) is 0 Å². The van der Waals surface area contributed by atoms with Crippen molar-refractivity contribution in [2.24, 2.45) is 0 Å². The maximum atomic E-state index is 12.0. The van der Waals surface area contributed by atoms with Gasteiger partial charge in [0.1, 0.15) is 0 Å². The summed E-state index contributed by atoms with van der Waals surface area (Å²) >= 11 is 0. The molecule has 2 amide bonds. The number of benzene rings is 1. The lowest BCUT2D eigenvalue weighted by Crippen LogP contribution is -2.46. The molecule has 0 radical (unpaired) electrons. The highest BCUT2D eigenvalue weighted by Crippen LogP contribution is 2.24. The fraction of sp³-hybridized carbons (Fsp3) is 0.417. The van der Waals surface area contributed by atoms with Crippen LogP contribution in [0, 0.1) is 0 Å². The fourth-order valence-corrected chi connectivity index (χ4v) is 2.98. The lowest BCUT2D eigenvalue weighted by Gasteiger charge is -2.09. The minimum Gasteiger partial charge on any atom is -0.337 e. The number of amides is 2. The summed E-state index contributed by atoms with van der Waals surface area (Å²) in [5, 5.41) is 2.43. The normalized spacial score (nSPS) is 13.9. The zero-order chi connectivity index (χ0) is 13.9. The molecule has 0 aliphatic heterocycles. The van der Waals surface area contributed by atoms with E-state index in [1.807, 2.05) is 6.07 Å². The highest BCUT2D eigenvalue weighted by atomic mass is 32.2. The van der Waals surface area contributed by atoms with E-state index in [-0.39, 0.29) is 4.90 Å². The summed E-state index contributed by atoms with van der Waals surface area (Å²) in [7, 11) is -3.72. The Morgan fingerprint density at radius 1 is 1.26 bits per heavy atom. The van der Waals surface area contributed by atoms with Gasteiger partial charge in [-0.25, -0.2) is 13.2 Å². The Kier molecular flexibility index (Phi) is 4.06. The average Bonchev–Trinajstić information content (AvgIpc) is 2.84. The zero-order valence-corrected chi connectivity index (χ0v) is 11.5. The lowest BCUT2D eigenvalue weighted by atomic mass is 10.1. The van der Waals surface area contributed by atoms with Crippen LogP contribution in [0.4, 0.5) is 4.79 Å². The van der Waals surface area contributed by atoms with E-state index < -0.39 is 16.1 Å². The summed E-state index contributed by atoms with van der Waals surface area (Å²) in [6, 6.07) is 4.49. The van der Waals surface area contributed by atoms with Crippen molar-refractivity contribution >= 4 is 16.1 Å². The molecule has 0 fully saturated rings. The standard InChI is InChI=1S/C12H17N3O3S/c1-2-13-12(16)14-15-19(17,18)11-7-6-9-4-3-5-10(9)8-11/h6-8,15H,2-5H2,1H3,(H2,13,14,16). The van der Waals surface area contributed by atoms with Crippen LogP contribution in [0.15, 0.2) is 23.1 Å². The van der Waals surface area contributed by atoms with Crippen LogP contribution >= 0.6 is 0 Å². The van der Waals surface area contributed by atoms with E-state index in [2.05, 4.69) is 15.6 Å². The van der Waals surface area contributed by atoms with Crippen molar-refractivity contribution < 1.29 is 13.2 Å². The number of hydrazine groups is 1. The molecule has 1 aromatic carbocycles. The maximum absolute atomic E-state index is 12.0. The monoisotopic (exact) mass is 283 g/mol. The van der Waals surface area contributed by atoms with Gasteiger partial charge in [-0.3, -0.25) is 5.43 Å². The minimum atomic E-state index is -3.72. The molecule has 3 N–H and O–H groups in total. The number of sulfonamides is 1. The Balaban J connectivity index is 2.09. The van der Waals surface area contributed by atoms with Crippen LogP contribution in [0.2, 0.25) is 0 Å². The number of urea groups is 1. The van der Waals surface area contributed by atoms with E-state index in [9.17, 15) is 13.2 Å². The first-order chi connectivity index (χ1) is 9.03. The minimum absolute atomic E-state index is 0.171. The maximum Gasteiger partial charge on any atom is 0.329 e. The van der Waals surface area contributed by atoms with Crippen LogP contribution in [0.3, 0.4) is 0 Å². The first-order valence-corrected chi connectivity index (χ1v) is 7.68. The summed E-state index contributed by atoms with van der Waals surface area (Å²) in [5.41, 5.74) is 4.38. The summed E-state index contributed by atoms with van der Waals surface area (Å²) < 4.78 is 24.0. The van der Waals surface area contributed by atoms with Gasteiger partial charge in [0.05, 0.1) is 4.90 Å². The number of hydrogen-bond donors (Lipinski definition) is 3. The molecule has 1 aliphatic carbocycles. The summed E-state index contributed by atoms with van der Waals surface area (Å²) in [4.78, 5) is 13.4. The van der Waals surface area contributed by atoms with Gasteiger partial charge in [0.25, 0.3) is 10.0 Å². The molecule has 2 rings (SSSR count). The number of aryl methyl sites for hydroxylation is 2. The molecule has 0 saturated heterocycles. The summed E-state index contributed by atoms with van der Waals surface area (Å²) in [6.45, 7) is 2.17. The van der Waals surface area contributed by atoms with Gasteiger partial charge < -0.3 is 5.32 Å². The van der Waals surface area contributed by atoms with Gasteiger partial charge in [0, 0.05) is 6.54 Å². The fourth-order valence-electron chi connectivity index (χ4n) is 2.09. The Morgan fingerprint density at radius 3 is 2.74 bits per heavy atom. The molecule has 0 heterocycles. The van der Waals surface area contributed by atoms with E-state index >= 15 is 0 Å². The van der Waals surface area contributed by atoms with Crippen LogP contribution in [0.5, 0.6) is 0 Å². The molecule has 0 unspecified atom stereocenters. The molecule has 1 aliphatic rings. The lowest BCUT2D eigenvalue weighted by molar-refractivity contribution is 0.240. The molecule has 0 bridgehead atoms. The average molecular weight is 283 g/mol. The third kappa shape index (κ3) is 3.24. The summed E-state index contributed by atoms with van der Waals surface area (Å²) in [6.07, 6.45) is 2.96. The van der Waals surface area contributed by atoms with Crippen LogP contribution in [0.1, 0.15) is 24.5 Å². The topological polar surface area (TPSA) is 87.3 Å². The van der Waals surface area contributed by atoms with E-state index in [4.69, 9.17) is 0 Å². The van der Waals surface area contributed by atoms with Crippen LogP contribution in [-0.2, 0) is 22.9 Å². The van der Waals surface area contributed by atoms with E-state index in [0.29, 0.717) is 6.54 Å². The quantitative estimate of drug-likeness (QED) is 0.710. The predicted octanol–water partition coefficient (Wildman–Crippen LogP) is 0.688. The molecule has 1 aromatic rings. The molecular formula is C12H17N3O3S. The first-order valence-electron chi connectivity index (χ1n) is 6.20. The van der Waals surface area contributed by atoms with Crippen molar-refractivity contribution in [2.45, 2.75) is 31.1 Å². The third-order valence-corrected chi connectivity index (χ3v) is 4.26. The van der Waals surface area contributed by atoms with Gasteiger partial charge in [-0.15, -0.1) is 4.83 Å². The number of rotatable bonds is 4. The van der Waals surface area contributed by atoms with Crippen molar-refractivity contribution in [1.82, 2.24) is 15.6 Å². The van der Waals surface area contributed by atoms with Crippen molar-refractivity contribution in [3.05, 3.63) is 29.3 Å². The molecule has 0 spiro atoms. The highest BCUT2D eigenvalue weighted by molar-refractivity contribution is 7.89. The van der Waals surface area contributed by atoms with Gasteiger partial charge in [-0.05, 0) is 49.4 Å². The highest BCUT2D eigenvalue weighted by Gasteiger charge is 2.18. The van der Waals surface area contributed by atoms with E-state index in [1.54, 1.807) is 19.1 Å². The first kappa shape index (κ1) is 13.8. The van der Waals surface area contributed by atoms with Crippen molar-refractivity contribution in [2.75, 3.05) is 6.54 Å². The molecule has 19 heavy (non-hydrogen) atoms. The van der Waals surface area contributed by atoms with Gasteiger partial charge in [-0.2, -0.15) is 0 Å². The predicted molar refractivity (Wildman–Crippen MR) is 71.0 cm³/mol. The smallest absolute Gasteiger partial charge is 0.329 e. The second kappa shape index (κ2) is 5.58. The molecule has 0 aromatic heterocycles. The Labute approximate surface area is 112 Å². The van der Waals surface area contributed by atoms with Crippen LogP contribution in [-0.4, -0.2) is 21.0 Å². The number of hydrogen-bond acceptors (Lipinski definition) is 3. The molecular weight excluding hydrogens is 266 g/mol. The summed E-state index contributed by atoms with van der Waals surface area (Å²) in [5.74, 6) is 0. The van der Waals surface area contributed by atoms with Gasteiger partial charge >= 0.3 is 6.03 Å². The second-order valence-electron chi connectivity index (χ2n) is 4.37. The Morgan fingerprint density at radius 2 is 2.00 bits per heavy atom.